The minimum atomic E-state index is -0.332. The third-order valence-electron chi connectivity index (χ3n) is 4.69. The van der Waals surface area contributed by atoms with Crippen LogP contribution in [0.5, 0.6) is 11.5 Å². The van der Waals surface area contributed by atoms with Gasteiger partial charge in [-0.05, 0) is 55.3 Å². The highest BCUT2D eigenvalue weighted by Crippen LogP contribution is 2.33. The van der Waals surface area contributed by atoms with Gasteiger partial charge in [0, 0.05) is 11.1 Å². The topological polar surface area (TPSA) is 86.5 Å². The van der Waals surface area contributed by atoms with Crippen LogP contribution in [0.25, 0.3) is 22.6 Å². The summed E-state index contributed by atoms with van der Waals surface area (Å²) in [7, 11) is 0. The average Bonchev–Trinajstić information content (AvgIpc) is 3.29. The molecule has 32 heavy (non-hydrogen) atoms. The van der Waals surface area contributed by atoms with Gasteiger partial charge < -0.3 is 13.9 Å². The van der Waals surface area contributed by atoms with E-state index in [1.54, 1.807) is 30.3 Å². The molecule has 1 heterocycles. The lowest BCUT2D eigenvalue weighted by atomic mass is 10.0. The Morgan fingerprint density at radius 2 is 1.47 bits per heavy atom. The Morgan fingerprint density at radius 1 is 0.812 bits per heavy atom. The Balaban J connectivity index is 1.47. The fourth-order valence-corrected chi connectivity index (χ4v) is 3.19. The van der Waals surface area contributed by atoms with Crippen LogP contribution in [0.2, 0.25) is 0 Å². The van der Waals surface area contributed by atoms with Crippen LogP contribution in [-0.4, -0.2) is 29.3 Å². The number of carbonyl (C=O) groups is 1. The Bertz CT molecular complexity index is 1190. The summed E-state index contributed by atoms with van der Waals surface area (Å²) < 4.78 is 16.9. The summed E-state index contributed by atoms with van der Waals surface area (Å²) in [6, 6.07) is 22.7. The molecule has 1 amide bonds. The van der Waals surface area contributed by atoms with E-state index < -0.39 is 0 Å². The number of nitrogens with zero attached hydrogens (tertiary/aromatic N) is 2. The summed E-state index contributed by atoms with van der Waals surface area (Å²) in [5, 5.41) is 10.6. The van der Waals surface area contributed by atoms with Crippen LogP contribution >= 0.6 is 0 Å². The molecular weight excluding hydrogens is 406 g/mol. The molecule has 4 rings (SSSR count). The molecule has 0 spiro atoms. The molecule has 0 radical (unpaired) electrons. The number of ether oxygens (including phenoxy) is 2. The van der Waals surface area contributed by atoms with Gasteiger partial charge in [0.05, 0.1) is 13.2 Å². The standard InChI is InChI=1S/C25H23N3O4/c1-3-30-21-15-14-20(16-22(21)31-4-2)24-27-28-25(32-24)26-23(29)19-12-10-18(11-13-19)17-8-6-5-7-9-17/h5-16H,3-4H2,1-2H3,(H,26,28,29). The van der Waals surface area contributed by atoms with E-state index >= 15 is 0 Å². The third-order valence-corrected chi connectivity index (χ3v) is 4.69. The molecule has 162 valence electrons. The van der Waals surface area contributed by atoms with Crippen molar-refractivity contribution >= 4 is 11.9 Å². The van der Waals surface area contributed by atoms with Crippen LogP contribution in [0.3, 0.4) is 0 Å². The Morgan fingerprint density at radius 3 is 2.19 bits per heavy atom. The van der Waals surface area contributed by atoms with Crippen molar-refractivity contribution < 1.29 is 18.7 Å². The molecule has 1 N–H and O–H groups in total. The summed E-state index contributed by atoms with van der Waals surface area (Å²) in [6.45, 7) is 4.83. The highest BCUT2D eigenvalue weighted by atomic mass is 16.5. The monoisotopic (exact) mass is 429 g/mol. The van der Waals surface area contributed by atoms with Crippen molar-refractivity contribution in [2.24, 2.45) is 0 Å². The van der Waals surface area contributed by atoms with Crippen molar-refractivity contribution in [1.29, 1.82) is 0 Å². The number of rotatable bonds is 8. The summed E-state index contributed by atoms with van der Waals surface area (Å²) >= 11 is 0. The Labute approximate surface area is 186 Å². The van der Waals surface area contributed by atoms with E-state index in [9.17, 15) is 4.79 Å². The Hall–Kier alpha value is -4.13. The van der Waals surface area contributed by atoms with Gasteiger partial charge in [0.1, 0.15) is 0 Å². The molecule has 0 unspecified atom stereocenters. The zero-order valence-corrected chi connectivity index (χ0v) is 17.9. The van der Waals surface area contributed by atoms with Gasteiger partial charge in [-0.15, -0.1) is 5.10 Å². The number of benzene rings is 3. The fraction of sp³-hybridized carbons (Fsp3) is 0.160. The van der Waals surface area contributed by atoms with Crippen molar-refractivity contribution in [2.75, 3.05) is 18.5 Å². The first kappa shape index (κ1) is 21.1. The van der Waals surface area contributed by atoms with Crippen molar-refractivity contribution in [1.82, 2.24) is 10.2 Å². The normalized spacial score (nSPS) is 10.6. The maximum Gasteiger partial charge on any atom is 0.322 e. The lowest BCUT2D eigenvalue weighted by Gasteiger charge is -2.11. The highest BCUT2D eigenvalue weighted by molar-refractivity contribution is 6.03. The number of amides is 1. The number of anilines is 1. The second kappa shape index (κ2) is 9.78. The number of hydrogen-bond donors (Lipinski definition) is 1. The van der Waals surface area contributed by atoms with Crippen molar-refractivity contribution in [2.45, 2.75) is 13.8 Å². The van der Waals surface area contributed by atoms with Gasteiger partial charge in [0.25, 0.3) is 5.91 Å². The maximum atomic E-state index is 12.6. The minimum absolute atomic E-state index is 0.0176. The summed E-state index contributed by atoms with van der Waals surface area (Å²) in [5.41, 5.74) is 3.27. The summed E-state index contributed by atoms with van der Waals surface area (Å²) in [5.74, 6) is 1.17. The molecule has 0 aliphatic carbocycles. The molecule has 4 aromatic rings. The molecule has 0 saturated carbocycles. The summed E-state index contributed by atoms with van der Waals surface area (Å²) in [4.78, 5) is 12.6. The molecule has 0 fully saturated rings. The van der Waals surface area contributed by atoms with Gasteiger partial charge in [0.2, 0.25) is 5.89 Å². The van der Waals surface area contributed by atoms with Gasteiger partial charge in [-0.1, -0.05) is 47.6 Å². The van der Waals surface area contributed by atoms with Crippen LogP contribution in [0.4, 0.5) is 6.01 Å². The van der Waals surface area contributed by atoms with Gasteiger partial charge in [-0.3, -0.25) is 10.1 Å². The first-order valence-corrected chi connectivity index (χ1v) is 10.4. The first-order valence-electron chi connectivity index (χ1n) is 10.4. The molecule has 1 aromatic heterocycles. The van der Waals surface area contributed by atoms with E-state index in [-0.39, 0.29) is 17.8 Å². The van der Waals surface area contributed by atoms with Crippen LogP contribution < -0.4 is 14.8 Å². The third kappa shape index (κ3) is 4.78. The van der Waals surface area contributed by atoms with Crippen LogP contribution in [0, 0.1) is 0 Å². The van der Waals surface area contributed by atoms with Crippen molar-refractivity contribution in [3.8, 4) is 34.1 Å². The van der Waals surface area contributed by atoms with E-state index in [0.717, 1.165) is 11.1 Å². The van der Waals surface area contributed by atoms with Gasteiger partial charge >= 0.3 is 6.01 Å². The van der Waals surface area contributed by atoms with E-state index in [4.69, 9.17) is 13.9 Å². The molecule has 0 bridgehead atoms. The second-order valence-electron chi connectivity index (χ2n) is 6.84. The largest absolute Gasteiger partial charge is 0.490 e. The lowest BCUT2D eigenvalue weighted by molar-refractivity contribution is 0.102. The van der Waals surface area contributed by atoms with Crippen LogP contribution in [0.15, 0.2) is 77.2 Å². The molecule has 3 aromatic carbocycles. The van der Waals surface area contributed by atoms with E-state index in [1.807, 2.05) is 56.3 Å². The molecular formula is C25H23N3O4. The van der Waals surface area contributed by atoms with Crippen LogP contribution in [-0.2, 0) is 0 Å². The number of hydrogen-bond acceptors (Lipinski definition) is 6. The SMILES string of the molecule is CCOc1ccc(-c2nnc(NC(=O)c3ccc(-c4ccccc4)cc3)o2)cc1OCC. The maximum absolute atomic E-state index is 12.6. The fourth-order valence-electron chi connectivity index (χ4n) is 3.19. The zero-order valence-electron chi connectivity index (χ0n) is 17.9. The van der Waals surface area contributed by atoms with Crippen molar-refractivity contribution in [3.63, 3.8) is 0 Å². The first-order chi connectivity index (χ1) is 15.7. The number of aromatic nitrogens is 2. The predicted molar refractivity (Wildman–Crippen MR) is 122 cm³/mol. The quantitative estimate of drug-likeness (QED) is 0.401. The second-order valence-corrected chi connectivity index (χ2v) is 6.84. The minimum Gasteiger partial charge on any atom is -0.490 e. The van der Waals surface area contributed by atoms with Gasteiger partial charge in [-0.2, -0.15) is 0 Å². The number of carbonyl (C=O) groups excluding carboxylic acids is 1. The molecule has 0 aliphatic rings. The van der Waals surface area contributed by atoms with E-state index in [0.29, 0.717) is 35.8 Å². The predicted octanol–water partition coefficient (Wildman–Crippen LogP) is 5.45. The lowest BCUT2D eigenvalue weighted by Crippen LogP contribution is -2.11. The Kier molecular flexibility index (Phi) is 6.46. The molecule has 0 saturated heterocycles. The van der Waals surface area contributed by atoms with E-state index in [1.165, 1.54) is 0 Å². The molecule has 7 nitrogen and oxygen atoms in total. The van der Waals surface area contributed by atoms with Crippen LogP contribution in [0.1, 0.15) is 24.2 Å². The molecule has 7 heteroatoms. The highest BCUT2D eigenvalue weighted by Gasteiger charge is 2.15. The average molecular weight is 429 g/mol. The molecule has 0 aliphatic heterocycles. The molecule has 0 atom stereocenters. The summed E-state index contributed by atoms with van der Waals surface area (Å²) in [6.07, 6.45) is 0. The smallest absolute Gasteiger partial charge is 0.322 e. The van der Waals surface area contributed by atoms with E-state index in [2.05, 4.69) is 15.5 Å². The van der Waals surface area contributed by atoms with Crippen molar-refractivity contribution in [3.05, 3.63) is 78.4 Å². The number of nitrogens with one attached hydrogen (secondary N) is 1. The zero-order chi connectivity index (χ0) is 22.3. The van der Waals surface area contributed by atoms with Gasteiger partial charge in [-0.25, -0.2) is 0 Å². The van der Waals surface area contributed by atoms with Gasteiger partial charge in [0.15, 0.2) is 11.5 Å².